The summed E-state index contributed by atoms with van der Waals surface area (Å²) in [6.07, 6.45) is -3.50. The maximum Gasteiger partial charge on any atom is 0.390 e. The zero-order valence-electron chi connectivity index (χ0n) is 7.40. The second-order valence-corrected chi connectivity index (χ2v) is 4.41. The Labute approximate surface area is 83.7 Å². The highest BCUT2D eigenvalue weighted by molar-refractivity contribution is 7.89. The normalized spacial score (nSPS) is 13.1. The zero-order chi connectivity index (χ0) is 11.7. The van der Waals surface area contributed by atoms with Crippen molar-refractivity contribution in [3.05, 3.63) is 12.4 Å². The van der Waals surface area contributed by atoms with E-state index >= 15 is 0 Å². The number of nitrogens with two attached hydrogens (primary N) is 1. The minimum Gasteiger partial charge on any atom is -0.271 e. The number of rotatable bonds is 3. The molecular weight excluding hydrogens is 235 g/mol. The topological polar surface area (TPSA) is 78.0 Å². The quantitative estimate of drug-likeness (QED) is 0.838. The van der Waals surface area contributed by atoms with Crippen LogP contribution in [0.5, 0.6) is 0 Å². The highest BCUT2D eigenvalue weighted by Gasteiger charge is 2.27. The van der Waals surface area contributed by atoms with E-state index in [1.165, 1.54) is 0 Å². The Morgan fingerprint density at radius 2 is 2.07 bits per heavy atom. The van der Waals surface area contributed by atoms with Crippen LogP contribution in [0.2, 0.25) is 0 Å². The molecule has 1 aromatic heterocycles. The number of hydrogen-bond acceptors (Lipinski definition) is 3. The third kappa shape index (κ3) is 3.88. The van der Waals surface area contributed by atoms with Crippen molar-refractivity contribution < 1.29 is 21.6 Å². The van der Waals surface area contributed by atoms with Crippen LogP contribution in [0.15, 0.2) is 17.3 Å². The molecule has 0 radical (unpaired) electrons. The molecule has 0 fully saturated rings. The number of sulfonamides is 1. The van der Waals surface area contributed by atoms with Crippen LogP contribution in [0, 0.1) is 0 Å². The van der Waals surface area contributed by atoms with E-state index in [9.17, 15) is 21.6 Å². The molecule has 0 unspecified atom stereocenters. The summed E-state index contributed by atoms with van der Waals surface area (Å²) in [6, 6.07) is 0. The first kappa shape index (κ1) is 12.0. The van der Waals surface area contributed by atoms with Gasteiger partial charge in [0.2, 0.25) is 10.0 Å². The summed E-state index contributed by atoms with van der Waals surface area (Å²) in [5, 5.41) is 8.19. The number of aromatic nitrogens is 2. The molecule has 0 aromatic carbocycles. The van der Waals surface area contributed by atoms with Gasteiger partial charge in [0.15, 0.2) is 0 Å². The van der Waals surface area contributed by atoms with E-state index < -0.39 is 29.2 Å². The standard InChI is InChI=1S/C6H8F3N3O2S/c7-6(8,9)1-2-12-4-5(3-11-12)15(10,13)14/h3-4H,1-2H2,(H2,10,13,14). The van der Waals surface area contributed by atoms with Gasteiger partial charge in [0.1, 0.15) is 4.90 Å². The number of halogens is 3. The summed E-state index contributed by atoms with van der Waals surface area (Å²) >= 11 is 0. The van der Waals surface area contributed by atoms with Crippen LogP contribution in [-0.2, 0) is 16.6 Å². The lowest BCUT2D eigenvalue weighted by Gasteiger charge is -2.05. The van der Waals surface area contributed by atoms with Gasteiger partial charge in [-0.3, -0.25) is 4.68 Å². The third-order valence-electron chi connectivity index (χ3n) is 1.56. The largest absolute Gasteiger partial charge is 0.390 e. The first-order valence-electron chi connectivity index (χ1n) is 3.80. The second-order valence-electron chi connectivity index (χ2n) is 2.85. The van der Waals surface area contributed by atoms with E-state index in [0.29, 0.717) is 0 Å². The van der Waals surface area contributed by atoms with E-state index in [0.717, 1.165) is 17.1 Å². The first-order chi connectivity index (χ1) is 6.68. The molecule has 0 atom stereocenters. The van der Waals surface area contributed by atoms with Crippen molar-refractivity contribution in [3.8, 4) is 0 Å². The highest BCUT2D eigenvalue weighted by Crippen LogP contribution is 2.20. The summed E-state index contributed by atoms with van der Waals surface area (Å²) in [7, 11) is -3.90. The number of hydrogen-bond donors (Lipinski definition) is 1. The Morgan fingerprint density at radius 1 is 1.47 bits per heavy atom. The first-order valence-corrected chi connectivity index (χ1v) is 5.35. The second kappa shape index (κ2) is 3.81. The average molecular weight is 243 g/mol. The Bertz CT molecular complexity index is 437. The molecule has 9 heteroatoms. The monoisotopic (exact) mass is 243 g/mol. The molecule has 0 aliphatic carbocycles. The minimum atomic E-state index is -4.30. The van der Waals surface area contributed by atoms with Gasteiger partial charge < -0.3 is 0 Å². The van der Waals surface area contributed by atoms with Gasteiger partial charge in [-0.05, 0) is 0 Å². The van der Waals surface area contributed by atoms with Gasteiger partial charge in [-0.15, -0.1) is 0 Å². The van der Waals surface area contributed by atoms with E-state index in [2.05, 4.69) is 5.10 Å². The van der Waals surface area contributed by atoms with Crippen molar-refractivity contribution in [1.29, 1.82) is 0 Å². The van der Waals surface area contributed by atoms with E-state index in [1.54, 1.807) is 0 Å². The maximum absolute atomic E-state index is 11.8. The minimum absolute atomic E-state index is 0.301. The molecule has 0 saturated heterocycles. The van der Waals surface area contributed by atoms with Crippen molar-refractivity contribution in [3.63, 3.8) is 0 Å². The van der Waals surface area contributed by atoms with Crippen LogP contribution in [0.4, 0.5) is 13.2 Å². The smallest absolute Gasteiger partial charge is 0.271 e. The van der Waals surface area contributed by atoms with Gasteiger partial charge in [0.05, 0.1) is 12.6 Å². The lowest BCUT2D eigenvalue weighted by molar-refractivity contribution is -0.137. The van der Waals surface area contributed by atoms with Crippen LogP contribution in [-0.4, -0.2) is 24.4 Å². The van der Waals surface area contributed by atoms with E-state index in [4.69, 9.17) is 5.14 Å². The molecule has 0 amide bonds. The van der Waals surface area contributed by atoms with E-state index in [1.807, 2.05) is 0 Å². The Hall–Kier alpha value is -1.09. The SMILES string of the molecule is NS(=O)(=O)c1cnn(CCC(F)(F)F)c1. The molecule has 0 saturated carbocycles. The molecule has 15 heavy (non-hydrogen) atoms. The number of aryl methyl sites for hydroxylation is 1. The fraction of sp³-hybridized carbons (Fsp3) is 0.500. The molecule has 1 rings (SSSR count). The van der Waals surface area contributed by atoms with Gasteiger partial charge >= 0.3 is 6.18 Å². The fourth-order valence-corrected chi connectivity index (χ4v) is 1.32. The lowest BCUT2D eigenvalue weighted by atomic mass is 10.4. The molecule has 0 aliphatic heterocycles. The van der Waals surface area contributed by atoms with Crippen molar-refractivity contribution in [1.82, 2.24) is 9.78 Å². The molecule has 2 N–H and O–H groups in total. The summed E-state index contributed by atoms with van der Waals surface area (Å²) < 4.78 is 57.8. The summed E-state index contributed by atoms with van der Waals surface area (Å²) in [4.78, 5) is -0.301. The third-order valence-corrected chi connectivity index (χ3v) is 2.43. The predicted molar refractivity (Wildman–Crippen MR) is 44.3 cm³/mol. The number of primary sulfonamides is 1. The van der Waals surface area contributed by atoms with Crippen LogP contribution >= 0.6 is 0 Å². The molecule has 0 aliphatic rings. The molecular formula is C6H8F3N3O2S. The molecule has 0 bridgehead atoms. The predicted octanol–water partition coefficient (Wildman–Crippen LogP) is 0.483. The summed E-state index contributed by atoms with van der Waals surface area (Å²) in [5.74, 6) is 0. The van der Waals surface area contributed by atoms with Crippen LogP contribution in [0.25, 0.3) is 0 Å². The number of nitrogens with zero attached hydrogens (tertiary/aromatic N) is 2. The molecule has 1 aromatic rings. The summed E-state index contributed by atoms with van der Waals surface area (Å²) in [6.45, 7) is -0.432. The van der Waals surface area contributed by atoms with Gasteiger partial charge in [-0.2, -0.15) is 18.3 Å². The molecule has 1 heterocycles. The van der Waals surface area contributed by atoms with Crippen LogP contribution in [0.1, 0.15) is 6.42 Å². The Balaban J connectivity index is 2.70. The van der Waals surface area contributed by atoms with Crippen LogP contribution < -0.4 is 5.14 Å². The van der Waals surface area contributed by atoms with E-state index in [-0.39, 0.29) is 4.90 Å². The maximum atomic E-state index is 11.8. The zero-order valence-corrected chi connectivity index (χ0v) is 8.22. The van der Waals surface area contributed by atoms with Crippen molar-refractivity contribution in [2.75, 3.05) is 0 Å². The van der Waals surface area contributed by atoms with Crippen molar-refractivity contribution >= 4 is 10.0 Å². The highest BCUT2D eigenvalue weighted by atomic mass is 32.2. The Kier molecular flexibility index (Phi) is 3.05. The van der Waals surface area contributed by atoms with Crippen molar-refractivity contribution in [2.24, 2.45) is 5.14 Å². The summed E-state index contributed by atoms with van der Waals surface area (Å²) in [5.41, 5.74) is 0. The van der Waals surface area contributed by atoms with Crippen molar-refractivity contribution in [2.45, 2.75) is 24.0 Å². The van der Waals surface area contributed by atoms with Gasteiger partial charge in [-0.1, -0.05) is 0 Å². The molecule has 86 valence electrons. The van der Waals surface area contributed by atoms with Gasteiger partial charge in [0.25, 0.3) is 0 Å². The van der Waals surface area contributed by atoms with Gasteiger partial charge in [0, 0.05) is 12.7 Å². The number of alkyl halides is 3. The lowest BCUT2D eigenvalue weighted by Crippen LogP contribution is -2.13. The average Bonchev–Trinajstić information content (AvgIpc) is 2.45. The molecule has 5 nitrogen and oxygen atoms in total. The Morgan fingerprint density at radius 3 is 2.47 bits per heavy atom. The van der Waals surface area contributed by atoms with Crippen LogP contribution in [0.3, 0.4) is 0 Å². The fourth-order valence-electron chi connectivity index (χ4n) is 0.855. The van der Waals surface area contributed by atoms with Gasteiger partial charge in [-0.25, -0.2) is 13.6 Å². The molecule has 0 spiro atoms.